The number of aliphatic carboxylic acids is 1. The lowest BCUT2D eigenvalue weighted by Gasteiger charge is -2.31. The van der Waals surface area contributed by atoms with Gasteiger partial charge in [0.05, 0.1) is 34.4 Å². The number of carboxylic acid groups (broad SMARTS) is 1. The first-order valence-electron chi connectivity index (χ1n) is 21.7. The molecule has 0 aromatic heterocycles. The van der Waals surface area contributed by atoms with Gasteiger partial charge in [-0.2, -0.15) is 0 Å². The standard InChI is InChI=1S/C48H79NO7/c1-6-8-10-12-14-16-18-20-22-23-25-27-29-31-33-35-37-39-47(51)56-44(42-54-41-40-45(48(52)53)49(3,4)5)43-55-46(50)38-36-34-32-30-28-26-24-21-19-17-15-13-11-9-7-2/h8,10,12,14,16-20,22-23,25,27,29,44-45H,6-7,9,11,13,15,21,24,26,28,30-43H2,1-5H3/p+1/b10-8+,14-12+,18-16+,19-17+,22-20+,25-23+,29-27+. The van der Waals surface area contributed by atoms with Crippen molar-refractivity contribution in [3.05, 3.63) is 85.1 Å². The van der Waals surface area contributed by atoms with E-state index in [1.54, 1.807) is 0 Å². The molecule has 0 aromatic rings. The summed E-state index contributed by atoms with van der Waals surface area (Å²) in [7, 11) is 5.50. The van der Waals surface area contributed by atoms with Gasteiger partial charge in [0.15, 0.2) is 12.1 Å². The maximum atomic E-state index is 12.7. The second-order valence-corrected chi connectivity index (χ2v) is 15.4. The normalized spacial score (nSPS) is 13.8. The SMILES string of the molecule is CC/C=C/C=C/C=C/C=C/C=C/C=C/CCCCCC(=O)OC(COCCC(C(=O)O)[N+](C)(C)C)COC(=O)CCCCCCCCC/C=C/CCCCCC. The van der Waals surface area contributed by atoms with Crippen LogP contribution in [-0.4, -0.2) is 80.6 Å². The molecule has 0 aliphatic rings. The van der Waals surface area contributed by atoms with Gasteiger partial charge in [-0.1, -0.05) is 157 Å². The van der Waals surface area contributed by atoms with Crippen molar-refractivity contribution < 1.29 is 38.2 Å². The summed E-state index contributed by atoms with van der Waals surface area (Å²) in [6, 6.07) is -0.628. The average molecular weight is 783 g/mol. The number of rotatable bonds is 37. The van der Waals surface area contributed by atoms with Crippen LogP contribution in [0.1, 0.15) is 149 Å². The summed E-state index contributed by atoms with van der Waals surface area (Å²) in [6.45, 7) is 4.51. The van der Waals surface area contributed by atoms with E-state index < -0.39 is 18.1 Å². The molecule has 0 heterocycles. The largest absolute Gasteiger partial charge is 0.477 e. The number of ether oxygens (including phenoxy) is 3. The van der Waals surface area contributed by atoms with Crippen LogP contribution in [0.4, 0.5) is 0 Å². The Bertz CT molecular complexity index is 1190. The first-order chi connectivity index (χ1) is 27.1. The van der Waals surface area contributed by atoms with Gasteiger partial charge in [-0.3, -0.25) is 9.59 Å². The van der Waals surface area contributed by atoms with Gasteiger partial charge in [-0.05, 0) is 57.8 Å². The molecule has 0 aliphatic heterocycles. The molecule has 0 spiro atoms. The number of quaternary nitrogens is 1. The summed E-state index contributed by atoms with van der Waals surface area (Å²) >= 11 is 0. The van der Waals surface area contributed by atoms with Crippen molar-refractivity contribution in [1.82, 2.24) is 0 Å². The average Bonchev–Trinajstić information content (AvgIpc) is 3.15. The lowest BCUT2D eigenvalue weighted by atomic mass is 10.1. The zero-order chi connectivity index (χ0) is 41.4. The monoisotopic (exact) mass is 783 g/mol. The number of hydrogen-bond acceptors (Lipinski definition) is 6. The van der Waals surface area contributed by atoms with Gasteiger partial charge < -0.3 is 23.8 Å². The Morgan fingerprint density at radius 1 is 0.554 bits per heavy atom. The van der Waals surface area contributed by atoms with Gasteiger partial charge in [0.25, 0.3) is 0 Å². The van der Waals surface area contributed by atoms with Gasteiger partial charge in [0.2, 0.25) is 0 Å². The van der Waals surface area contributed by atoms with E-state index in [0.29, 0.717) is 19.3 Å². The zero-order valence-electron chi connectivity index (χ0n) is 36.1. The minimum Gasteiger partial charge on any atom is -0.477 e. The predicted octanol–water partition coefficient (Wildman–Crippen LogP) is 11.7. The van der Waals surface area contributed by atoms with E-state index in [4.69, 9.17) is 14.2 Å². The molecular weight excluding hydrogens is 703 g/mol. The van der Waals surface area contributed by atoms with Gasteiger partial charge in [0.1, 0.15) is 6.61 Å². The Kier molecular flexibility index (Phi) is 36.0. The fourth-order valence-electron chi connectivity index (χ4n) is 5.82. The van der Waals surface area contributed by atoms with E-state index in [1.807, 2.05) is 81.9 Å². The molecule has 2 atom stereocenters. The van der Waals surface area contributed by atoms with Crippen molar-refractivity contribution in [1.29, 1.82) is 0 Å². The molecule has 8 heteroatoms. The van der Waals surface area contributed by atoms with E-state index in [-0.39, 0.29) is 42.7 Å². The number of carbonyl (C=O) groups excluding carboxylic acids is 2. The highest BCUT2D eigenvalue weighted by atomic mass is 16.6. The number of nitrogens with zero attached hydrogens (tertiary/aromatic N) is 1. The molecule has 0 saturated heterocycles. The first-order valence-corrected chi connectivity index (χ1v) is 21.7. The highest BCUT2D eigenvalue weighted by Gasteiger charge is 2.31. The van der Waals surface area contributed by atoms with Crippen LogP contribution in [0.3, 0.4) is 0 Å². The number of carboxylic acids is 1. The van der Waals surface area contributed by atoms with Crippen molar-refractivity contribution in [2.75, 3.05) is 41.0 Å². The Hall–Kier alpha value is -3.49. The van der Waals surface area contributed by atoms with Crippen molar-refractivity contribution >= 4 is 17.9 Å². The number of esters is 2. The second kappa shape index (κ2) is 38.4. The van der Waals surface area contributed by atoms with Gasteiger partial charge in [-0.15, -0.1) is 0 Å². The van der Waals surface area contributed by atoms with Crippen LogP contribution < -0.4 is 0 Å². The smallest absolute Gasteiger partial charge is 0.362 e. The van der Waals surface area contributed by atoms with Gasteiger partial charge in [0, 0.05) is 19.3 Å². The molecule has 0 rings (SSSR count). The van der Waals surface area contributed by atoms with Crippen molar-refractivity contribution in [3.8, 4) is 0 Å². The highest BCUT2D eigenvalue weighted by Crippen LogP contribution is 2.13. The minimum absolute atomic E-state index is 0.0364. The van der Waals surface area contributed by atoms with Crippen LogP contribution in [0.15, 0.2) is 85.1 Å². The Labute approximate surface area is 342 Å². The quantitative estimate of drug-likeness (QED) is 0.0220. The number of hydrogen-bond donors (Lipinski definition) is 1. The van der Waals surface area contributed by atoms with Crippen LogP contribution in [0, 0.1) is 0 Å². The fraction of sp³-hybridized carbons (Fsp3) is 0.646. The number of unbranched alkanes of at least 4 members (excludes halogenated alkanes) is 14. The van der Waals surface area contributed by atoms with Crippen molar-refractivity contribution in [3.63, 3.8) is 0 Å². The molecular formula is C48H80NO7+. The third-order valence-corrected chi connectivity index (χ3v) is 9.19. The Morgan fingerprint density at radius 3 is 1.55 bits per heavy atom. The fourth-order valence-corrected chi connectivity index (χ4v) is 5.82. The van der Waals surface area contributed by atoms with Crippen LogP contribution >= 0.6 is 0 Å². The molecule has 2 unspecified atom stereocenters. The summed E-state index contributed by atoms with van der Waals surface area (Å²) in [5.74, 6) is -1.54. The third-order valence-electron chi connectivity index (χ3n) is 9.19. The van der Waals surface area contributed by atoms with E-state index in [1.165, 1.54) is 64.2 Å². The first kappa shape index (κ1) is 52.5. The number of allylic oxidation sites excluding steroid dienone is 14. The van der Waals surface area contributed by atoms with Crippen LogP contribution in [0.5, 0.6) is 0 Å². The lowest BCUT2D eigenvalue weighted by molar-refractivity contribution is -0.887. The van der Waals surface area contributed by atoms with Crippen LogP contribution in [-0.2, 0) is 28.6 Å². The molecule has 0 radical (unpaired) electrons. The summed E-state index contributed by atoms with van der Waals surface area (Å²) in [6.07, 6.45) is 49.1. The summed E-state index contributed by atoms with van der Waals surface area (Å²) in [5, 5.41) is 9.61. The third kappa shape index (κ3) is 36.2. The summed E-state index contributed by atoms with van der Waals surface area (Å²) < 4.78 is 17.2. The van der Waals surface area contributed by atoms with Crippen molar-refractivity contribution in [2.24, 2.45) is 0 Å². The Balaban J connectivity index is 4.48. The molecule has 1 N–H and O–H groups in total. The molecule has 0 bridgehead atoms. The maximum absolute atomic E-state index is 12.7. The summed E-state index contributed by atoms with van der Waals surface area (Å²) in [5.41, 5.74) is 0. The van der Waals surface area contributed by atoms with E-state index in [9.17, 15) is 19.5 Å². The molecule has 8 nitrogen and oxygen atoms in total. The van der Waals surface area contributed by atoms with Gasteiger partial charge >= 0.3 is 17.9 Å². The predicted molar refractivity (Wildman–Crippen MR) is 233 cm³/mol. The minimum atomic E-state index is -0.888. The molecule has 0 fully saturated rings. The van der Waals surface area contributed by atoms with E-state index >= 15 is 0 Å². The molecule has 318 valence electrons. The second-order valence-electron chi connectivity index (χ2n) is 15.4. The highest BCUT2D eigenvalue weighted by molar-refractivity contribution is 5.72. The van der Waals surface area contributed by atoms with Crippen molar-refractivity contribution in [2.45, 2.75) is 161 Å². The molecule has 0 saturated carbocycles. The molecule has 56 heavy (non-hydrogen) atoms. The number of likely N-dealkylation sites (N-methyl/N-ethyl adjacent to an activating group) is 1. The van der Waals surface area contributed by atoms with Crippen LogP contribution in [0.2, 0.25) is 0 Å². The maximum Gasteiger partial charge on any atom is 0.362 e. The van der Waals surface area contributed by atoms with Crippen LogP contribution in [0.25, 0.3) is 0 Å². The van der Waals surface area contributed by atoms with E-state index in [2.05, 4.69) is 38.2 Å². The number of carbonyl (C=O) groups is 3. The van der Waals surface area contributed by atoms with E-state index in [0.717, 1.165) is 44.9 Å². The molecule has 0 amide bonds. The zero-order valence-corrected chi connectivity index (χ0v) is 36.1. The van der Waals surface area contributed by atoms with Gasteiger partial charge in [-0.25, -0.2) is 4.79 Å². The lowest BCUT2D eigenvalue weighted by Crippen LogP contribution is -2.50. The summed E-state index contributed by atoms with van der Waals surface area (Å²) in [4.78, 5) is 37.0. The topological polar surface area (TPSA) is 99.1 Å². The Morgan fingerprint density at radius 2 is 1.02 bits per heavy atom. The molecule has 0 aromatic carbocycles. The molecule has 0 aliphatic carbocycles.